The molecule has 2 rings (SSSR count). The molecule has 0 aliphatic rings. The Hall–Kier alpha value is -1.99. The minimum Gasteiger partial charge on any atom is -0.492 e. The van der Waals surface area contributed by atoms with Gasteiger partial charge in [-0.15, -0.1) is 0 Å². The van der Waals surface area contributed by atoms with E-state index in [1.165, 1.54) is 6.07 Å². The van der Waals surface area contributed by atoms with Crippen LogP contribution in [0.5, 0.6) is 5.75 Å². The Morgan fingerprint density at radius 3 is 2.42 bits per heavy atom. The summed E-state index contributed by atoms with van der Waals surface area (Å²) in [4.78, 5) is 13.6. The average Bonchev–Trinajstić information content (AvgIpc) is 2.53. The van der Waals surface area contributed by atoms with Crippen LogP contribution in [0.4, 0.5) is 14.5 Å². The number of nitrogens with one attached hydrogen (secondary N) is 1. The van der Waals surface area contributed by atoms with Crippen LogP contribution < -0.4 is 10.1 Å². The molecule has 0 spiro atoms. The number of amides is 1. The highest BCUT2D eigenvalue weighted by Gasteiger charge is 2.13. The van der Waals surface area contributed by atoms with Crippen LogP contribution in [-0.4, -0.2) is 37.6 Å². The van der Waals surface area contributed by atoms with E-state index in [4.69, 9.17) is 4.74 Å². The van der Waals surface area contributed by atoms with Crippen molar-refractivity contribution in [2.45, 2.75) is 0 Å². The molecular formula is C17H17BrF2N2O2. The van der Waals surface area contributed by atoms with Crippen LogP contribution in [0.15, 0.2) is 46.9 Å². The zero-order valence-corrected chi connectivity index (χ0v) is 14.6. The SMILES string of the molecule is CN(CCOc1ccc(Br)cc1)CC(=O)Nc1c(F)cccc1F. The van der Waals surface area contributed by atoms with Gasteiger partial charge in [-0.25, -0.2) is 8.78 Å². The van der Waals surface area contributed by atoms with Crippen LogP contribution in [-0.2, 0) is 4.79 Å². The number of rotatable bonds is 7. The van der Waals surface area contributed by atoms with Crippen molar-refractivity contribution < 1.29 is 18.3 Å². The maximum atomic E-state index is 13.5. The highest BCUT2D eigenvalue weighted by atomic mass is 79.9. The van der Waals surface area contributed by atoms with Crippen molar-refractivity contribution in [3.63, 3.8) is 0 Å². The van der Waals surface area contributed by atoms with Crippen molar-refractivity contribution in [3.05, 3.63) is 58.6 Å². The Bertz CT molecular complexity index is 675. The van der Waals surface area contributed by atoms with E-state index in [0.29, 0.717) is 13.2 Å². The first-order valence-corrected chi connectivity index (χ1v) is 8.06. The molecular weight excluding hydrogens is 382 g/mol. The molecule has 0 aliphatic heterocycles. The first-order chi connectivity index (χ1) is 11.5. The van der Waals surface area contributed by atoms with E-state index in [9.17, 15) is 13.6 Å². The lowest BCUT2D eigenvalue weighted by Crippen LogP contribution is -2.33. The molecule has 7 heteroatoms. The van der Waals surface area contributed by atoms with Crippen LogP contribution in [0, 0.1) is 11.6 Å². The van der Waals surface area contributed by atoms with E-state index in [1.807, 2.05) is 24.3 Å². The van der Waals surface area contributed by atoms with E-state index in [0.717, 1.165) is 22.4 Å². The van der Waals surface area contributed by atoms with Gasteiger partial charge in [-0.05, 0) is 43.4 Å². The van der Waals surface area contributed by atoms with Crippen molar-refractivity contribution in [2.24, 2.45) is 0 Å². The second-order valence-electron chi connectivity index (χ2n) is 5.18. The third-order valence-corrected chi connectivity index (χ3v) is 3.72. The summed E-state index contributed by atoms with van der Waals surface area (Å²) >= 11 is 3.34. The number of anilines is 1. The number of carbonyl (C=O) groups is 1. The maximum Gasteiger partial charge on any atom is 0.238 e. The third kappa shape index (κ3) is 5.58. The lowest BCUT2D eigenvalue weighted by molar-refractivity contribution is -0.117. The summed E-state index contributed by atoms with van der Waals surface area (Å²) in [7, 11) is 1.72. The quantitative estimate of drug-likeness (QED) is 0.773. The van der Waals surface area contributed by atoms with Gasteiger partial charge in [0.25, 0.3) is 0 Å². The zero-order valence-electron chi connectivity index (χ0n) is 13.1. The molecule has 0 aliphatic carbocycles. The van der Waals surface area contributed by atoms with Crippen molar-refractivity contribution >= 4 is 27.5 Å². The molecule has 0 fully saturated rings. The fourth-order valence-corrected chi connectivity index (χ4v) is 2.23. The zero-order chi connectivity index (χ0) is 17.5. The van der Waals surface area contributed by atoms with Gasteiger partial charge in [0.05, 0.1) is 6.54 Å². The number of carbonyl (C=O) groups excluding carboxylic acids is 1. The topological polar surface area (TPSA) is 41.6 Å². The first kappa shape index (κ1) is 18.4. The number of nitrogens with zero attached hydrogens (tertiary/aromatic N) is 1. The number of para-hydroxylation sites is 1. The molecule has 0 saturated heterocycles. The molecule has 0 aromatic heterocycles. The van der Waals surface area contributed by atoms with Crippen molar-refractivity contribution in [2.75, 3.05) is 32.1 Å². The second-order valence-corrected chi connectivity index (χ2v) is 6.10. The van der Waals surface area contributed by atoms with E-state index >= 15 is 0 Å². The van der Waals surface area contributed by atoms with Gasteiger partial charge in [-0.3, -0.25) is 9.69 Å². The fourth-order valence-electron chi connectivity index (χ4n) is 1.97. The van der Waals surface area contributed by atoms with Crippen LogP contribution in [0.3, 0.4) is 0 Å². The van der Waals surface area contributed by atoms with Crippen molar-refractivity contribution in [3.8, 4) is 5.75 Å². The van der Waals surface area contributed by atoms with Crippen LogP contribution in [0.25, 0.3) is 0 Å². The number of halogens is 3. The molecule has 1 N–H and O–H groups in total. The molecule has 1 amide bonds. The largest absolute Gasteiger partial charge is 0.492 e. The predicted octanol–water partition coefficient (Wildman–Crippen LogP) is 3.68. The summed E-state index contributed by atoms with van der Waals surface area (Å²) < 4.78 is 33.5. The molecule has 0 saturated carbocycles. The summed E-state index contributed by atoms with van der Waals surface area (Å²) in [6.07, 6.45) is 0. The molecule has 0 heterocycles. The Morgan fingerprint density at radius 2 is 1.79 bits per heavy atom. The highest BCUT2D eigenvalue weighted by molar-refractivity contribution is 9.10. The Labute approximate surface area is 147 Å². The van der Waals surface area contributed by atoms with Gasteiger partial charge in [0.1, 0.15) is 29.7 Å². The Balaban J connectivity index is 1.76. The van der Waals surface area contributed by atoms with Crippen LogP contribution in [0.1, 0.15) is 0 Å². The first-order valence-electron chi connectivity index (χ1n) is 7.26. The van der Waals surface area contributed by atoms with Gasteiger partial charge >= 0.3 is 0 Å². The lowest BCUT2D eigenvalue weighted by atomic mass is 10.3. The van der Waals surface area contributed by atoms with Gasteiger partial charge in [-0.2, -0.15) is 0 Å². The molecule has 24 heavy (non-hydrogen) atoms. The maximum absolute atomic E-state index is 13.5. The molecule has 128 valence electrons. The lowest BCUT2D eigenvalue weighted by Gasteiger charge is -2.17. The third-order valence-electron chi connectivity index (χ3n) is 3.20. The molecule has 2 aromatic carbocycles. The summed E-state index contributed by atoms with van der Waals surface area (Å²) in [5, 5.41) is 2.25. The van der Waals surface area contributed by atoms with Crippen LogP contribution in [0.2, 0.25) is 0 Å². The minimum absolute atomic E-state index is 0.00251. The fraction of sp³-hybridized carbons (Fsp3) is 0.235. The van der Waals surface area contributed by atoms with Crippen molar-refractivity contribution in [1.29, 1.82) is 0 Å². The smallest absolute Gasteiger partial charge is 0.238 e. The minimum atomic E-state index is -0.801. The van der Waals surface area contributed by atoms with Gasteiger partial charge in [0, 0.05) is 11.0 Å². The molecule has 0 radical (unpaired) electrons. The summed E-state index contributed by atoms with van der Waals surface area (Å²) in [5.74, 6) is -1.37. The monoisotopic (exact) mass is 398 g/mol. The number of hydrogen-bond acceptors (Lipinski definition) is 3. The Morgan fingerprint density at radius 1 is 1.17 bits per heavy atom. The summed E-state index contributed by atoms with van der Waals surface area (Å²) in [6.45, 7) is 0.875. The van der Waals surface area contributed by atoms with Crippen molar-refractivity contribution in [1.82, 2.24) is 4.90 Å². The summed E-state index contributed by atoms with van der Waals surface area (Å²) in [6, 6.07) is 10.8. The standard InChI is InChI=1S/C17H17BrF2N2O2/c1-22(9-10-24-13-7-5-12(18)6-8-13)11-16(23)21-17-14(19)3-2-4-15(17)20/h2-8H,9-11H2,1H3,(H,21,23). The molecule has 2 aromatic rings. The van der Waals surface area contributed by atoms with E-state index < -0.39 is 23.2 Å². The number of benzene rings is 2. The van der Waals surface area contributed by atoms with Gasteiger partial charge in [0.15, 0.2) is 0 Å². The molecule has 0 bridgehead atoms. The van der Waals surface area contributed by atoms with E-state index in [2.05, 4.69) is 21.2 Å². The molecule has 0 unspecified atom stereocenters. The predicted molar refractivity (Wildman–Crippen MR) is 92.1 cm³/mol. The van der Waals surface area contributed by atoms with E-state index in [-0.39, 0.29) is 6.54 Å². The highest BCUT2D eigenvalue weighted by Crippen LogP contribution is 2.18. The normalized spacial score (nSPS) is 10.7. The van der Waals surface area contributed by atoms with Gasteiger partial charge in [-0.1, -0.05) is 22.0 Å². The Kier molecular flexibility index (Phi) is 6.69. The average molecular weight is 399 g/mol. The molecule has 0 atom stereocenters. The summed E-state index contributed by atoms with van der Waals surface area (Å²) in [5.41, 5.74) is -0.429. The van der Waals surface area contributed by atoms with E-state index in [1.54, 1.807) is 11.9 Å². The second kappa shape index (κ2) is 8.75. The van der Waals surface area contributed by atoms with Gasteiger partial charge < -0.3 is 10.1 Å². The number of likely N-dealkylation sites (N-methyl/N-ethyl adjacent to an activating group) is 1. The van der Waals surface area contributed by atoms with Crippen LogP contribution >= 0.6 is 15.9 Å². The molecule has 4 nitrogen and oxygen atoms in total. The number of hydrogen-bond donors (Lipinski definition) is 1. The number of ether oxygens (including phenoxy) is 1. The van der Waals surface area contributed by atoms with Gasteiger partial charge in [0.2, 0.25) is 5.91 Å².